The lowest BCUT2D eigenvalue weighted by Crippen LogP contribution is -2.45. The lowest BCUT2D eigenvalue weighted by molar-refractivity contribution is -0.120. The third kappa shape index (κ3) is 7.73. The minimum atomic E-state index is 0. The molecule has 1 saturated carbocycles. The summed E-state index contributed by atoms with van der Waals surface area (Å²) in [6, 6.07) is 6.78. The standard InChI is InChI=1S/C19H30N4OS.HI/c1-14-9-10-15(17(11-14)25-3)12-21-19(20-2)22-13-18(24)23-16-7-5-4-6-8-16;/h9-11,16H,4-8,12-13H2,1-3H3,(H,23,24)(H2,20,21,22);1H. The molecule has 7 heteroatoms. The van der Waals surface area contributed by atoms with Crippen LogP contribution in [0.4, 0.5) is 0 Å². The maximum absolute atomic E-state index is 12.1. The minimum Gasteiger partial charge on any atom is -0.352 e. The molecule has 2 rings (SSSR count). The molecule has 5 nitrogen and oxygen atoms in total. The van der Waals surface area contributed by atoms with Gasteiger partial charge in [0.15, 0.2) is 5.96 Å². The van der Waals surface area contributed by atoms with Crippen LogP contribution in [0, 0.1) is 6.92 Å². The van der Waals surface area contributed by atoms with E-state index >= 15 is 0 Å². The summed E-state index contributed by atoms with van der Waals surface area (Å²) in [6.45, 7) is 3.03. The maximum atomic E-state index is 12.1. The van der Waals surface area contributed by atoms with E-state index in [1.54, 1.807) is 18.8 Å². The fourth-order valence-corrected chi connectivity index (χ4v) is 3.79. The summed E-state index contributed by atoms with van der Waals surface area (Å²) in [7, 11) is 1.72. The number of halogens is 1. The number of nitrogens with zero attached hydrogens (tertiary/aromatic N) is 1. The number of benzene rings is 1. The zero-order valence-corrected chi connectivity index (χ0v) is 19.1. The van der Waals surface area contributed by atoms with Crippen LogP contribution in [-0.4, -0.2) is 37.8 Å². The van der Waals surface area contributed by atoms with Crippen LogP contribution in [0.25, 0.3) is 0 Å². The van der Waals surface area contributed by atoms with E-state index in [-0.39, 0.29) is 36.4 Å². The molecule has 0 aliphatic heterocycles. The van der Waals surface area contributed by atoms with Crippen molar-refractivity contribution in [2.24, 2.45) is 4.99 Å². The second kappa shape index (κ2) is 12.4. The Morgan fingerprint density at radius 3 is 2.62 bits per heavy atom. The second-order valence-corrected chi connectivity index (χ2v) is 7.35. The van der Waals surface area contributed by atoms with Gasteiger partial charge < -0.3 is 16.0 Å². The Balaban J connectivity index is 0.00000338. The Labute approximate surface area is 178 Å². The molecule has 1 amide bonds. The lowest BCUT2D eigenvalue weighted by Gasteiger charge is -2.23. The number of rotatable bonds is 6. The van der Waals surface area contributed by atoms with Crippen molar-refractivity contribution in [3.63, 3.8) is 0 Å². The van der Waals surface area contributed by atoms with E-state index in [1.807, 2.05) is 0 Å². The average Bonchev–Trinajstić information content (AvgIpc) is 2.63. The van der Waals surface area contributed by atoms with Crippen molar-refractivity contribution in [2.75, 3.05) is 19.8 Å². The van der Waals surface area contributed by atoms with Gasteiger partial charge in [-0.2, -0.15) is 0 Å². The van der Waals surface area contributed by atoms with Crippen molar-refractivity contribution in [1.29, 1.82) is 0 Å². The SMILES string of the molecule is CN=C(NCC(=O)NC1CCCCC1)NCc1ccc(C)cc1SC.I. The molecule has 146 valence electrons. The van der Waals surface area contributed by atoms with Gasteiger partial charge in [-0.1, -0.05) is 31.4 Å². The summed E-state index contributed by atoms with van der Waals surface area (Å²) < 4.78 is 0. The molecule has 1 fully saturated rings. The van der Waals surface area contributed by atoms with Gasteiger partial charge in [-0.3, -0.25) is 9.79 Å². The van der Waals surface area contributed by atoms with Gasteiger partial charge in [0.2, 0.25) is 5.91 Å². The molecule has 0 heterocycles. The molecular weight excluding hydrogens is 459 g/mol. The molecule has 0 unspecified atom stereocenters. The molecule has 1 aromatic carbocycles. The number of thioether (sulfide) groups is 1. The molecule has 1 aliphatic carbocycles. The van der Waals surface area contributed by atoms with E-state index in [9.17, 15) is 4.79 Å². The number of carbonyl (C=O) groups is 1. The molecular formula is C19H31IN4OS. The number of hydrogen-bond donors (Lipinski definition) is 3. The fourth-order valence-electron chi connectivity index (χ4n) is 3.09. The first-order valence-corrected chi connectivity index (χ1v) is 10.2. The summed E-state index contributed by atoms with van der Waals surface area (Å²) in [6.07, 6.45) is 8.01. The average molecular weight is 490 g/mol. The third-order valence-corrected chi connectivity index (χ3v) is 5.32. The first-order chi connectivity index (χ1) is 12.1. The maximum Gasteiger partial charge on any atom is 0.239 e. The topological polar surface area (TPSA) is 65.5 Å². The zero-order valence-electron chi connectivity index (χ0n) is 15.9. The number of hydrogen-bond acceptors (Lipinski definition) is 3. The number of aryl methyl sites for hydroxylation is 1. The summed E-state index contributed by atoms with van der Waals surface area (Å²) >= 11 is 1.74. The Kier molecular flexibility index (Phi) is 11.0. The van der Waals surface area contributed by atoms with E-state index in [4.69, 9.17) is 0 Å². The summed E-state index contributed by atoms with van der Waals surface area (Å²) in [4.78, 5) is 17.5. The molecule has 0 saturated heterocycles. The van der Waals surface area contributed by atoms with Crippen molar-refractivity contribution < 1.29 is 4.79 Å². The number of amides is 1. The Bertz CT molecular complexity index is 603. The first-order valence-electron chi connectivity index (χ1n) is 8.99. The van der Waals surface area contributed by atoms with E-state index < -0.39 is 0 Å². The van der Waals surface area contributed by atoms with Gasteiger partial charge in [0.05, 0.1) is 6.54 Å². The molecule has 0 bridgehead atoms. The van der Waals surface area contributed by atoms with Crippen molar-refractivity contribution in [3.05, 3.63) is 29.3 Å². The van der Waals surface area contributed by atoms with Crippen LogP contribution in [-0.2, 0) is 11.3 Å². The summed E-state index contributed by atoms with van der Waals surface area (Å²) in [5, 5.41) is 9.49. The van der Waals surface area contributed by atoms with Crippen molar-refractivity contribution >= 4 is 47.6 Å². The van der Waals surface area contributed by atoms with Crippen LogP contribution in [0.3, 0.4) is 0 Å². The van der Waals surface area contributed by atoms with Gasteiger partial charge in [0.25, 0.3) is 0 Å². The van der Waals surface area contributed by atoms with Gasteiger partial charge in [-0.25, -0.2) is 0 Å². The fraction of sp³-hybridized carbons (Fsp3) is 0.579. The van der Waals surface area contributed by atoms with Gasteiger partial charge in [0.1, 0.15) is 0 Å². The molecule has 1 aliphatic rings. The Hall–Kier alpha value is -0.960. The lowest BCUT2D eigenvalue weighted by atomic mass is 9.95. The van der Waals surface area contributed by atoms with Crippen molar-refractivity contribution in [3.8, 4) is 0 Å². The van der Waals surface area contributed by atoms with Crippen LogP contribution >= 0.6 is 35.7 Å². The highest BCUT2D eigenvalue weighted by Crippen LogP contribution is 2.21. The van der Waals surface area contributed by atoms with Gasteiger partial charge in [-0.15, -0.1) is 35.7 Å². The highest BCUT2D eigenvalue weighted by Gasteiger charge is 2.15. The van der Waals surface area contributed by atoms with E-state index in [1.165, 1.54) is 35.3 Å². The Morgan fingerprint density at radius 2 is 1.96 bits per heavy atom. The van der Waals surface area contributed by atoms with Crippen LogP contribution in [0.15, 0.2) is 28.1 Å². The predicted molar refractivity (Wildman–Crippen MR) is 122 cm³/mol. The molecule has 0 atom stereocenters. The molecule has 1 aromatic rings. The summed E-state index contributed by atoms with van der Waals surface area (Å²) in [5.74, 6) is 0.682. The minimum absolute atomic E-state index is 0. The largest absolute Gasteiger partial charge is 0.352 e. The zero-order chi connectivity index (χ0) is 18.1. The van der Waals surface area contributed by atoms with Gasteiger partial charge >= 0.3 is 0 Å². The first kappa shape index (κ1) is 23.1. The number of guanidine groups is 1. The van der Waals surface area contributed by atoms with Crippen LogP contribution < -0.4 is 16.0 Å². The number of nitrogens with one attached hydrogen (secondary N) is 3. The van der Waals surface area contributed by atoms with Gasteiger partial charge in [0, 0.05) is 24.5 Å². The van der Waals surface area contributed by atoms with Crippen molar-refractivity contribution in [2.45, 2.75) is 56.5 Å². The molecule has 3 N–H and O–H groups in total. The Morgan fingerprint density at radius 1 is 1.23 bits per heavy atom. The highest BCUT2D eigenvalue weighted by molar-refractivity contribution is 14.0. The highest BCUT2D eigenvalue weighted by atomic mass is 127. The van der Waals surface area contributed by atoms with E-state index in [0.717, 1.165) is 12.8 Å². The number of carbonyl (C=O) groups excluding carboxylic acids is 1. The van der Waals surface area contributed by atoms with Gasteiger partial charge in [-0.05, 0) is 43.2 Å². The monoisotopic (exact) mass is 490 g/mol. The van der Waals surface area contributed by atoms with Crippen molar-refractivity contribution in [1.82, 2.24) is 16.0 Å². The molecule has 0 spiro atoms. The third-order valence-electron chi connectivity index (χ3n) is 4.50. The molecule has 0 aromatic heterocycles. The van der Waals surface area contributed by atoms with E-state index in [2.05, 4.69) is 52.3 Å². The predicted octanol–water partition coefficient (Wildman–Crippen LogP) is 3.45. The van der Waals surface area contributed by atoms with Crippen LogP contribution in [0.2, 0.25) is 0 Å². The molecule has 26 heavy (non-hydrogen) atoms. The van der Waals surface area contributed by atoms with Crippen LogP contribution in [0.1, 0.15) is 43.2 Å². The van der Waals surface area contributed by atoms with E-state index in [0.29, 0.717) is 18.5 Å². The molecule has 0 radical (unpaired) electrons. The summed E-state index contributed by atoms with van der Waals surface area (Å²) in [5.41, 5.74) is 2.49. The number of aliphatic imine (C=N–C) groups is 1. The smallest absolute Gasteiger partial charge is 0.239 e. The quantitative estimate of drug-likeness (QED) is 0.248. The second-order valence-electron chi connectivity index (χ2n) is 6.50. The normalized spacial score (nSPS) is 15.1. The van der Waals surface area contributed by atoms with Crippen LogP contribution in [0.5, 0.6) is 0 Å².